The van der Waals surface area contributed by atoms with Gasteiger partial charge in [0.15, 0.2) is 0 Å². The van der Waals surface area contributed by atoms with Crippen LogP contribution in [0.2, 0.25) is 0 Å². The number of aliphatic hydroxyl groups is 1. The highest BCUT2D eigenvalue weighted by atomic mass is 16.3. The molecular formula is C22H35N3O2. The number of aliphatic hydroxyl groups excluding tert-OH is 1. The molecule has 150 valence electrons. The molecule has 0 aromatic heterocycles. The SMILES string of the molecule is CCCCc1ccc(N2CC3CN(C(=O)NCCO)CC2C(C)(C)C3)cc1. The van der Waals surface area contributed by atoms with Crippen molar-refractivity contribution in [3.8, 4) is 0 Å². The molecule has 3 fully saturated rings. The zero-order valence-corrected chi connectivity index (χ0v) is 17.1. The van der Waals surface area contributed by atoms with E-state index in [0.717, 1.165) is 32.5 Å². The summed E-state index contributed by atoms with van der Waals surface area (Å²) in [5.74, 6) is 0.471. The molecule has 0 spiro atoms. The first-order valence-corrected chi connectivity index (χ1v) is 10.4. The lowest BCUT2D eigenvalue weighted by molar-refractivity contribution is 0.185. The summed E-state index contributed by atoms with van der Waals surface area (Å²) >= 11 is 0. The van der Waals surface area contributed by atoms with Crippen LogP contribution in [0.25, 0.3) is 0 Å². The van der Waals surface area contributed by atoms with E-state index < -0.39 is 0 Å². The van der Waals surface area contributed by atoms with Crippen molar-refractivity contribution in [2.75, 3.05) is 37.7 Å². The molecule has 3 saturated heterocycles. The number of anilines is 1. The maximum atomic E-state index is 12.5. The number of unbranched alkanes of at least 4 members (excludes halogenated alkanes) is 1. The van der Waals surface area contributed by atoms with Crippen LogP contribution in [0.15, 0.2) is 24.3 Å². The molecule has 0 aliphatic carbocycles. The Labute approximate surface area is 163 Å². The van der Waals surface area contributed by atoms with Crippen LogP contribution >= 0.6 is 0 Å². The van der Waals surface area contributed by atoms with Crippen molar-refractivity contribution in [1.82, 2.24) is 10.2 Å². The zero-order valence-electron chi connectivity index (χ0n) is 17.1. The minimum Gasteiger partial charge on any atom is -0.395 e. The molecule has 1 aromatic rings. The number of amides is 2. The number of nitrogens with zero attached hydrogens (tertiary/aromatic N) is 2. The lowest BCUT2D eigenvalue weighted by Crippen LogP contribution is -2.54. The van der Waals surface area contributed by atoms with Gasteiger partial charge in [0, 0.05) is 31.9 Å². The predicted molar refractivity (Wildman–Crippen MR) is 110 cm³/mol. The van der Waals surface area contributed by atoms with E-state index in [1.807, 2.05) is 4.90 Å². The summed E-state index contributed by atoms with van der Waals surface area (Å²) < 4.78 is 0. The summed E-state index contributed by atoms with van der Waals surface area (Å²) in [5, 5.41) is 11.8. The monoisotopic (exact) mass is 373 g/mol. The lowest BCUT2D eigenvalue weighted by Gasteiger charge is -2.48. The van der Waals surface area contributed by atoms with Crippen molar-refractivity contribution in [2.45, 2.75) is 52.5 Å². The minimum atomic E-state index is -0.0477. The molecule has 3 aliphatic rings. The molecule has 2 N–H and O–H groups in total. The Balaban J connectivity index is 1.78. The first-order valence-electron chi connectivity index (χ1n) is 10.4. The number of aryl methyl sites for hydroxylation is 1. The van der Waals surface area contributed by atoms with Gasteiger partial charge in [-0.05, 0) is 48.3 Å². The van der Waals surface area contributed by atoms with Gasteiger partial charge in [-0.3, -0.25) is 0 Å². The third-order valence-corrected chi connectivity index (χ3v) is 6.18. The molecule has 0 saturated carbocycles. The van der Waals surface area contributed by atoms with Crippen LogP contribution < -0.4 is 10.2 Å². The number of benzene rings is 1. The van der Waals surface area contributed by atoms with E-state index in [4.69, 9.17) is 5.11 Å². The summed E-state index contributed by atoms with van der Waals surface area (Å²) in [6.45, 7) is 9.73. The summed E-state index contributed by atoms with van der Waals surface area (Å²) in [5.41, 5.74) is 2.84. The van der Waals surface area contributed by atoms with Crippen molar-refractivity contribution in [3.05, 3.63) is 29.8 Å². The van der Waals surface area contributed by atoms with Crippen molar-refractivity contribution in [1.29, 1.82) is 0 Å². The molecule has 4 rings (SSSR count). The van der Waals surface area contributed by atoms with Gasteiger partial charge in [-0.25, -0.2) is 4.79 Å². The number of urea groups is 1. The molecule has 5 nitrogen and oxygen atoms in total. The van der Waals surface area contributed by atoms with Crippen LogP contribution in [-0.2, 0) is 6.42 Å². The van der Waals surface area contributed by atoms with Crippen molar-refractivity contribution < 1.29 is 9.90 Å². The van der Waals surface area contributed by atoms with Crippen LogP contribution in [0, 0.1) is 11.3 Å². The number of hydrogen-bond acceptors (Lipinski definition) is 3. The van der Waals surface area contributed by atoms with E-state index in [0.29, 0.717) is 18.5 Å². The standard InChI is InChI=1S/C22H35N3O2/c1-4-5-6-17-7-9-19(10-8-17)25-15-18-13-22(2,3)20(25)16-24(14-18)21(27)23-11-12-26/h7-10,18,20,26H,4-6,11-16H2,1-3H3,(H,23,27). The Bertz CT molecular complexity index is 629. The Morgan fingerprint density at radius 1 is 1.22 bits per heavy atom. The molecule has 2 unspecified atom stereocenters. The highest BCUT2D eigenvalue weighted by Crippen LogP contribution is 2.43. The van der Waals surface area contributed by atoms with Crippen LogP contribution in [0.5, 0.6) is 0 Å². The van der Waals surface area contributed by atoms with E-state index in [1.54, 1.807) is 0 Å². The summed E-state index contributed by atoms with van der Waals surface area (Å²) in [7, 11) is 0. The fourth-order valence-corrected chi connectivity index (χ4v) is 4.80. The minimum absolute atomic E-state index is 0.0194. The van der Waals surface area contributed by atoms with E-state index >= 15 is 0 Å². The Kier molecular flexibility index (Phi) is 6.30. The number of rotatable bonds is 6. The van der Waals surface area contributed by atoms with Gasteiger partial charge in [0.1, 0.15) is 0 Å². The van der Waals surface area contributed by atoms with E-state index in [1.165, 1.54) is 24.1 Å². The van der Waals surface area contributed by atoms with Gasteiger partial charge < -0.3 is 20.2 Å². The number of fused-ring (bicyclic) bond motifs is 4. The average molecular weight is 374 g/mol. The second-order valence-corrected chi connectivity index (χ2v) is 8.86. The summed E-state index contributed by atoms with van der Waals surface area (Å²) in [6, 6.07) is 9.31. The van der Waals surface area contributed by atoms with E-state index in [2.05, 4.69) is 55.3 Å². The quantitative estimate of drug-likeness (QED) is 0.805. The predicted octanol–water partition coefficient (Wildman–Crippen LogP) is 3.27. The van der Waals surface area contributed by atoms with Gasteiger partial charge in [-0.1, -0.05) is 39.3 Å². The topological polar surface area (TPSA) is 55.8 Å². The van der Waals surface area contributed by atoms with Gasteiger partial charge in [0.25, 0.3) is 0 Å². The third-order valence-electron chi connectivity index (χ3n) is 6.18. The maximum Gasteiger partial charge on any atom is 0.317 e. The third kappa shape index (κ3) is 4.57. The van der Waals surface area contributed by atoms with Gasteiger partial charge in [0.05, 0.1) is 12.6 Å². The van der Waals surface area contributed by atoms with Crippen molar-refractivity contribution in [3.63, 3.8) is 0 Å². The van der Waals surface area contributed by atoms with Gasteiger partial charge >= 0.3 is 6.03 Å². The number of hydrogen-bond donors (Lipinski definition) is 2. The second-order valence-electron chi connectivity index (χ2n) is 8.86. The molecule has 2 amide bonds. The van der Waals surface area contributed by atoms with Gasteiger partial charge in [-0.15, -0.1) is 0 Å². The van der Waals surface area contributed by atoms with Crippen LogP contribution in [0.3, 0.4) is 0 Å². The molecule has 3 heterocycles. The summed E-state index contributed by atoms with van der Waals surface area (Å²) in [4.78, 5) is 17.0. The molecule has 0 radical (unpaired) electrons. The maximum absolute atomic E-state index is 12.5. The normalized spacial score (nSPS) is 24.0. The van der Waals surface area contributed by atoms with Crippen LogP contribution in [-0.4, -0.2) is 54.9 Å². The molecule has 27 heavy (non-hydrogen) atoms. The second kappa shape index (κ2) is 8.51. The fraction of sp³-hybridized carbons (Fsp3) is 0.682. The molecule has 2 bridgehead atoms. The Morgan fingerprint density at radius 2 is 1.96 bits per heavy atom. The largest absolute Gasteiger partial charge is 0.395 e. The Hall–Kier alpha value is -1.75. The highest BCUT2D eigenvalue weighted by molar-refractivity contribution is 5.74. The molecule has 2 atom stereocenters. The average Bonchev–Trinajstić information content (AvgIpc) is 2.92. The van der Waals surface area contributed by atoms with Crippen molar-refractivity contribution >= 4 is 11.7 Å². The van der Waals surface area contributed by atoms with Crippen LogP contribution in [0.1, 0.15) is 45.6 Å². The summed E-state index contributed by atoms with van der Waals surface area (Å²) in [6.07, 6.45) is 4.75. The fourth-order valence-electron chi connectivity index (χ4n) is 4.80. The Morgan fingerprint density at radius 3 is 2.63 bits per heavy atom. The molecular weight excluding hydrogens is 338 g/mol. The smallest absolute Gasteiger partial charge is 0.317 e. The number of nitrogens with one attached hydrogen (secondary N) is 1. The number of carbonyl (C=O) groups is 1. The molecule has 3 aliphatic heterocycles. The first-order chi connectivity index (χ1) is 12.9. The van der Waals surface area contributed by atoms with Crippen molar-refractivity contribution in [2.24, 2.45) is 11.3 Å². The van der Waals surface area contributed by atoms with Gasteiger partial charge in [-0.2, -0.15) is 0 Å². The molecule has 1 aromatic carbocycles. The first kappa shape index (κ1) is 20.0. The van der Waals surface area contributed by atoms with Gasteiger partial charge in [0.2, 0.25) is 0 Å². The van der Waals surface area contributed by atoms with Crippen LogP contribution in [0.4, 0.5) is 10.5 Å². The highest BCUT2D eigenvalue weighted by Gasteiger charge is 2.46. The zero-order chi connectivity index (χ0) is 19.4. The lowest BCUT2D eigenvalue weighted by atomic mass is 9.73. The molecule has 5 heteroatoms. The van der Waals surface area contributed by atoms with E-state index in [-0.39, 0.29) is 18.1 Å². The van der Waals surface area contributed by atoms with E-state index in [9.17, 15) is 4.79 Å². The number of piperidine rings is 1. The number of carbonyl (C=O) groups excluding carboxylic acids is 1.